The summed E-state index contributed by atoms with van der Waals surface area (Å²) >= 11 is 7.31. The van der Waals surface area contributed by atoms with E-state index in [0.717, 1.165) is 12.8 Å². The molecule has 0 amide bonds. The highest BCUT2D eigenvalue weighted by Crippen LogP contribution is 2.47. The van der Waals surface area contributed by atoms with Crippen molar-refractivity contribution < 1.29 is 18.8 Å². The number of aliphatic hydroxyl groups excluding tert-OH is 1. The number of anilines is 1. The van der Waals surface area contributed by atoms with Gasteiger partial charge in [0.15, 0.2) is 8.32 Å². The summed E-state index contributed by atoms with van der Waals surface area (Å²) in [6, 6.07) is 6.87. The normalized spacial score (nSPS) is 19.8. The predicted molar refractivity (Wildman–Crippen MR) is 202 cm³/mol. The molecule has 3 aromatic heterocycles. The van der Waals surface area contributed by atoms with Crippen molar-refractivity contribution in [2.24, 2.45) is 5.92 Å². The van der Waals surface area contributed by atoms with Gasteiger partial charge in [0.2, 0.25) is 14.1 Å². The first-order valence-electron chi connectivity index (χ1n) is 17.2. The number of rotatable bonds is 14. The van der Waals surface area contributed by atoms with Crippen LogP contribution in [0.1, 0.15) is 108 Å². The summed E-state index contributed by atoms with van der Waals surface area (Å²) in [5.41, 5.74) is 2.83. The first kappa shape index (κ1) is 38.8. The van der Waals surface area contributed by atoms with Crippen LogP contribution in [0.4, 0.5) is 5.82 Å². The van der Waals surface area contributed by atoms with Crippen molar-refractivity contribution >= 4 is 51.2 Å². The summed E-state index contributed by atoms with van der Waals surface area (Å²) in [6.45, 7) is 26.1. The molecular formula is C36H55ClN4O4SSi2. The van der Waals surface area contributed by atoms with Crippen LogP contribution in [0.15, 0.2) is 42.2 Å². The SMILES string of the molecule is CC(C)[Si](O[C@H]1C[C@H](Nc2ncncc2C(=O)c2cc([C@H](O)c3cccc(Cl)n3)cs2)C[C@@H]1CO[Si](C)(C)C(C)(C)C)(C(C)C)C(C)C. The lowest BCUT2D eigenvalue weighted by Gasteiger charge is -2.45. The number of aromatic nitrogens is 3. The maximum absolute atomic E-state index is 13.9. The van der Waals surface area contributed by atoms with E-state index < -0.39 is 22.7 Å². The van der Waals surface area contributed by atoms with Crippen molar-refractivity contribution in [3.63, 3.8) is 0 Å². The zero-order chi connectivity index (χ0) is 35.6. The summed E-state index contributed by atoms with van der Waals surface area (Å²) in [5.74, 6) is 0.536. The molecule has 1 aliphatic rings. The molecule has 8 nitrogen and oxygen atoms in total. The zero-order valence-corrected chi connectivity index (χ0v) is 34.1. The van der Waals surface area contributed by atoms with Gasteiger partial charge < -0.3 is 19.3 Å². The van der Waals surface area contributed by atoms with Gasteiger partial charge in [-0.25, -0.2) is 15.0 Å². The molecule has 48 heavy (non-hydrogen) atoms. The number of nitrogens with one attached hydrogen (secondary N) is 1. The molecule has 3 heterocycles. The number of hydrogen-bond donors (Lipinski definition) is 2. The van der Waals surface area contributed by atoms with Gasteiger partial charge in [-0.3, -0.25) is 4.79 Å². The Hall–Kier alpha value is -2.00. The van der Waals surface area contributed by atoms with Gasteiger partial charge in [-0.2, -0.15) is 0 Å². The third-order valence-electron chi connectivity index (χ3n) is 10.6. The summed E-state index contributed by atoms with van der Waals surface area (Å²) in [7, 11) is -4.13. The number of ketones is 1. The highest BCUT2D eigenvalue weighted by atomic mass is 35.5. The van der Waals surface area contributed by atoms with Gasteiger partial charge >= 0.3 is 0 Å². The van der Waals surface area contributed by atoms with Gasteiger partial charge in [0.1, 0.15) is 23.4 Å². The van der Waals surface area contributed by atoms with E-state index in [4.69, 9.17) is 20.5 Å². The number of carbonyl (C=O) groups excluding carboxylic acids is 1. The molecular weight excluding hydrogens is 676 g/mol. The topological polar surface area (TPSA) is 106 Å². The third kappa shape index (κ3) is 8.47. The molecule has 1 fully saturated rings. The number of nitrogens with zero attached hydrogens (tertiary/aromatic N) is 3. The molecule has 0 saturated heterocycles. The van der Waals surface area contributed by atoms with Crippen LogP contribution in [0.25, 0.3) is 0 Å². The second-order valence-electron chi connectivity index (χ2n) is 15.8. The number of aliphatic hydroxyl groups is 1. The molecule has 0 aromatic carbocycles. The van der Waals surface area contributed by atoms with Crippen LogP contribution >= 0.6 is 22.9 Å². The van der Waals surface area contributed by atoms with Crippen LogP contribution in [0.3, 0.4) is 0 Å². The monoisotopic (exact) mass is 730 g/mol. The quantitative estimate of drug-likeness (QED) is 0.0960. The van der Waals surface area contributed by atoms with E-state index in [1.54, 1.807) is 35.8 Å². The Morgan fingerprint density at radius 1 is 1.10 bits per heavy atom. The van der Waals surface area contributed by atoms with Crippen LogP contribution < -0.4 is 5.32 Å². The second kappa shape index (κ2) is 15.5. The lowest BCUT2D eigenvalue weighted by Crippen LogP contribution is -2.51. The lowest BCUT2D eigenvalue weighted by atomic mass is 10.1. The van der Waals surface area contributed by atoms with Crippen molar-refractivity contribution in [2.75, 3.05) is 11.9 Å². The van der Waals surface area contributed by atoms with Crippen molar-refractivity contribution in [2.45, 2.75) is 128 Å². The van der Waals surface area contributed by atoms with Crippen molar-refractivity contribution in [1.82, 2.24) is 15.0 Å². The van der Waals surface area contributed by atoms with Crippen LogP contribution in [-0.2, 0) is 8.85 Å². The molecule has 0 aliphatic heterocycles. The number of thiophene rings is 1. The van der Waals surface area contributed by atoms with Crippen LogP contribution in [0.5, 0.6) is 0 Å². The first-order valence-corrected chi connectivity index (χ1v) is 23.5. The predicted octanol–water partition coefficient (Wildman–Crippen LogP) is 9.67. The molecule has 0 unspecified atom stereocenters. The minimum absolute atomic E-state index is 0.0496. The minimum atomic E-state index is -2.16. The molecule has 3 aromatic rings. The van der Waals surface area contributed by atoms with E-state index in [0.29, 0.717) is 55.9 Å². The third-order valence-corrected chi connectivity index (χ3v) is 22.4. The molecule has 0 bridgehead atoms. The minimum Gasteiger partial charge on any atom is -0.416 e. The van der Waals surface area contributed by atoms with E-state index in [-0.39, 0.29) is 28.9 Å². The number of pyridine rings is 1. The summed E-state index contributed by atoms with van der Waals surface area (Å²) in [6.07, 6.45) is 3.77. The highest BCUT2D eigenvalue weighted by molar-refractivity contribution is 7.12. The van der Waals surface area contributed by atoms with Gasteiger partial charge in [-0.05, 0) is 76.7 Å². The Morgan fingerprint density at radius 3 is 2.38 bits per heavy atom. The Balaban J connectivity index is 1.58. The number of halogens is 1. The standard InChI is InChI=1S/C36H55ClN4O4SSi2/c1-22(2)48(23(3)4,24(5)6)45-30-17-27(15-25(30)19-44-47(10,11)36(7,8)9)40-35-28(18-38-21-39-35)34(43)31-16-26(20-46-31)33(42)29-13-12-14-32(37)41-29/h12-14,16,18,20-25,27,30,33,42H,15,17,19H2,1-11H3,(H,38,39,40)/t25-,27-,30+,33+/m1/s1. The molecule has 2 N–H and O–H groups in total. The summed E-state index contributed by atoms with van der Waals surface area (Å²) < 4.78 is 14.2. The lowest BCUT2D eigenvalue weighted by molar-refractivity contribution is 0.0971. The molecule has 12 heteroatoms. The van der Waals surface area contributed by atoms with Gasteiger partial charge in [-0.1, -0.05) is 80.0 Å². The molecule has 1 saturated carbocycles. The van der Waals surface area contributed by atoms with Crippen molar-refractivity contribution in [1.29, 1.82) is 0 Å². The van der Waals surface area contributed by atoms with Crippen molar-refractivity contribution in [3.8, 4) is 0 Å². The maximum atomic E-state index is 13.9. The summed E-state index contributed by atoms with van der Waals surface area (Å²) in [5, 5.41) is 16.7. The molecule has 4 rings (SSSR count). The fraction of sp³-hybridized carbons (Fsp3) is 0.611. The summed E-state index contributed by atoms with van der Waals surface area (Å²) in [4.78, 5) is 27.3. The Bertz CT molecular complexity index is 1520. The highest BCUT2D eigenvalue weighted by Gasteiger charge is 2.50. The maximum Gasteiger partial charge on any atom is 0.208 e. The van der Waals surface area contributed by atoms with E-state index in [1.165, 1.54) is 17.7 Å². The fourth-order valence-corrected chi connectivity index (χ4v) is 14.8. The van der Waals surface area contributed by atoms with Gasteiger partial charge in [0.25, 0.3) is 0 Å². The first-order chi connectivity index (χ1) is 22.4. The van der Waals surface area contributed by atoms with Gasteiger partial charge in [-0.15, -0.1) is 11.3 Å². The van der Waals surface area contributed by atoms with Crippen LogP contribution in [-0.4, -0.2) is 61.2 Å². The number of hydrogen-bond acceptors (Lipinski definition) is 9. The Morgan fingerprint density at radius 2 is 1.77 bits per heavy atom. The largest absolute Gasteiger partial charge is 0.416 e. The molecule has 4 atom stereocenters. The van der Waals surface area contributed by atoms with Crippen molar-refractivity contribution in [3.05, 3.63) is 69.0 Å². The average Bonchev–Trinajstić information content (AvgIpc) is 3.64. The molecule has 264 valence electrons. The van der Waals surface area contributed by atoms with E-state index in [1.807, 2.05) is 0 Å². The van der Waals surface area contributed by atoms with E-state index in [2.05, 4.69) is 95.7 Å². The van der Waals surface area contributed by atoms with E-state index in [9.17, 15) is 9.90 Å². The zero-order valence-electron chi connectivity index (χ0n) is 30.5. The Kier molecular flexibility index (Phi) is 12.5. The molecule has 0 radical (unpaired) electrons. The average molecular weight is 732 g/mol. The van der Waals surface area contributed by atoms with Crippen LogP contribution in [0.2, 0.25) is 39.9 Å². The molecule has 1 aliphatic carbocycles. The fourth-order valence-electron chi connectivity index (χ4n) is 7.02. The smallest absolute Gasteiger partial charge is 0.208 e. The van der Waals surface area contributed by atoms with E-state index >= 15 is 0 Å². The van der Waals surface area contributed by atoms with Gasteiger partial charge in [0, 0.05) is 24.8 Å². The molecule has 0 spiro atoms. The van der Waals surface area contributed by atoms with Gasteiger partial charge in [0.05, 0.1) is 22.2 Å². The van der Waals surface area contributed by atoms with Crippen LogP contribution in [0, 0.1) is 5.92 Å². The second-order valence-corrected chi connectivity index (χ2v) is 27.3. The number of carbonyl (C=O) groups is 1. The Labute approximate surface area is 298 Å².